The summed E-state index contributed by atoms with van der Waals surface area (Å²) in [5, 5.41) is 14.3. The molecule has 2 saturated carbocycles. The quantitative estimate of drug-likeness (QED) is 0.497. The minimum atomic E-state index is -4.36. The number of aliphatic hydroxyl groups excluding tert-OH is 1. The number of amidine groups is 1. The summed E-state index contributed by atoms with van der Waals surface area (Å²) in [4.78, 5) is 15.3. The first kappa shape index (κ1) is 25.8. The van der Waals surface area contributed by atoms with Gasteiger partial charge >= 0.3 is 0 Å². The fourth-order valence-electron chi connectivity index (χ4n) is 6.53. The van der Waals surface area contributed by atoms with E-state index in [2.05, 4.69) is 14.4 Å². The number of rotatable bonds is 5. The van der Waals surface area contributed by atoms with E-state index in [4.69, 9.17) is 0 Å². The molecule has 0 saturated heterocycles. The molecule has 1 amide bonds. The van der Waals surface area contributed by atoms with Crippen molar-refractivity contribution in [2.45, 2.75) is 43.7 Å². The molecule has 0 unspecified atom stereocenters. The third-order valence-electron chi connectivity index (χ3n) is 8.13. The van der Waals surface area contributed by atoms with Crippen LogP contribution < -0.4 is 10.0 Å². The molecule has 2 aromatic carbocycles. The van der Waals surface area contributed by atoms with Crippen molar-refractivity contribution in [1.82, 2.24) is 4.90 Å². The van der Waals surface area contributed by atoms with Gasteiger partial charge in [-0.2, -0.15) is 8.42 Å². The van der Waals surface area contributed by atoms with Crippen molar-refractivity contribution in [3.05, 3.63) is 64.7 Å². The zero-order valence-corrected chi connectivity index (χ0v) is 22.8. The number of hydrogen-bond acceptors (Lipinski definition) is 7. The molecular formula is C26H27FN4O6S2. The van der Waals surface area contributed by atoms with Crippen molar-refractivity contribution in [1.29, 1.82) is 0 Å². The van der Waals surface area contributed by atoms with Crippen LogP contribution in [0, 0.1) is 30.5 Å². The number of amides is 1. The Morgan fingerprint density at radius 2 is 1.92 bits per heavy atom. The third kappa shape index (κ3) is 4.37. The second kappa shape index (κ2) is 8.78. The van der Waals surface area contributed by atoms with E-state index < -0.39 is 26.0 Å². The summed E-state index contributed by atoms with van der Waals surface area (Å²) in [5.41, 5.74) is 0.992. The molecule has 2 heterocycles. The molecule has 2 fully saturated rings. The van der Waals surface area contributed by atoms with Crippen LogP contribution in [0.25, 0.3) is 0 Å². The van der Waals surface area contributed by atoms with Crippen LogP contribution in [-0.2, 0) is 31.4 Å². The van der Waals surface area contributed by atoms with E-state index in [-0.39, 0.29) is 69.6 Å². The third-order valence-corrected chi connectivity index (χ3v) is 10.1. The lowest BCUT2D eigenvalue weighted by molar-refractivity contribution is -0.134. The summed E-state index contributed by atoms with van der Waals surface area (Å²) in [7, 11) is -8.01. The Morgan fingerprint density at radius 1 is 1.18 bits per heavy atom. The molecule has 0 radical (unpaired) electrons. The Bertz CT molecular complexity index is 1700. The predicted molar refractivity (Wildman–Crippen MR) is 143 cm³/mol. The van der Waals surface area contributed by atoms with Gasteiger partial charge in [-0.1, -0.05) is 12.1 Å². The average molecular weight is 575 g/mol. The van der Waals surface area contributed by atoms with E-state index in [9.17, 15) is 31.1 Å². The van der Waals surface area contributed by atoms with Crippen LogP contribution in [0.15, 0.2) is 57.0 Å². The minimum absolute atomic E-state index is 0.0393. The summed E-state index contributed by atoms with van der Waals surface area (Å²) in [5.74, 6) is -1.48. The maximum atomic E-state index is 14.3. The highest BCUT2D eigenvalue weighted by atomic mass is 32.2. The second-order valence-electron chi connectivity index (χ2n) is 10.8. The normalized spacial score (nSPS) is 27.1. The number of aliphatic hydroxyl groups is 1. The van der Waals surface area contributed by atoms with E-state index in [1.807, 2.05) is 0 Å². The standard InChI is InChI=1S/C26H27FN4O6S2/c1-13-3-4-14(9-18(13)27)12-31-23-16-6-5-15(10-16)21(23)24(32)22(26(31)33)25-28-19-8-7-17(29-38(2,34)35)11-20(19)39(36,37)30-25/h3-4,7-9,11,15-16,21,23,29,32H,5-6,10,12H2,1-2H3,(H,28,30)/t15-,16+,21-,23+/m1/s1. The maximum Gasteiger partial charge on any atom is 0.286 e. The Balaban J connectivity index is 1.41. The van der Waals surface area contributed by atoms with Gasteiger partial charge in [0.2, 0.25) is 10.0 Å². The van der Waals surface area contributed by atoms with Gasteiger partial charge in [0.1, 0.15) is 22.0 Å². The van der Waals surface area contributed by atoms with E-state index in [1.165, 1.54) is 18.2 Å². The smallest absolute Gasteiger partial charge is 0.286 e. The molecule has 2 bridgehead atoms. The van der Waals surface area contributed by atoms with E-state index in [1.54, 1.807) is 24.0 Å². The molecule has 2 aliphatic carbocycles. The predicted octanol–water partition coefficient (Wildman–Crippen LogP) is 3.29. The number of carbonyl (C=O) groups excluding carboxylic acids is 1. The molecule has 0 spiro atoms. The summed E-state index contributed by atoms with van der Waals surface area (Å²) >= 11 is 0. The minimum Gasteiger partial charge on any atom is -0.511 e. The van der Waals surface area contributed by atoms with Crippen LogP contribution in [0.4, 0.5) is 15.8 Å². The van der Waals surface area contributed by atoms with Gasteiger partial charge in [0.05, 0.1) is 11.9 Å². The zero-order valence-electron chi connectivity index (χ0n) is 21.2. The molecule has 3 N–H and O–H groups in total. The Labute approximate surface area is 225 Å². The van der Waals surface area contributed by atoms with E-state index in [0.717, 1.165) is 31.6 Å². The van der Waals surface area contributed by atoms with Gasteiger partial charge in [0.25, 0.3) is 15.9 Å². The fourth-order valence-corrected chi connectivity index (χ4v) is 8.23. The Morgan fingerprint density at radius 3 is 2.64 bits per heavy atom. The highest BCUT2D eigenvalue weighted by Gasteiger charge is 2.57. The summed E-state index contributed by atoms with van der Waals surface area (Å²) in [6.07, 6.45) is 3.60. The second-order valence-corrected chi connectivity index (χ2v) is 14.1. The fraction of sp³-hybridized carbons (Fsp3) is 0.385. The lowest BCUT2D eigenvalue weighted by Crippen LogP contribution is -2.53. The van der Waals surface area contributed by atoms with Crippen molar-refractivity contribution in [3.63, 3.8) is 0 Å². The molecular weight excluding hydrogens is 547 g/mol. The van der Waals surface area contributed by atoms with E-state index >= 15 is 0 Å². The van der Waals surface area contributed by atoms with Crippen LogP contribution in [0.5, 0.6) is 0 Å². The number of hydrogen-bond donors (Lipinski definition) is 3. The van der Waals surface area contributed by atoms with Crippen LogP contribution in [0.1, 0.15) is 30.4 Å². The number of sulfonamides is 2. The van der Waals surface area contributed by atoms with Gasteiger partial charge in [-0.25, -0.2) is 12.8 Å². The van der Waals surface area contributed by atoms with Crippen molar-refractivity contribution in [2.24, 2.45) is 22.2 Å². The number of nitrogens with zero attached hydrogens (tertiary/aromatic N) is 2. The number of carbonyl (C=O) groups is 1. The van der Waals surface area contributed by atoms with Crippen molar-refractivity contribution < 1.29 is 31.1 Å². The number of aryl methyl sites for hydroxylation is 1. The number of anilines is 2. The van der Waals surface area contributed by atoms with Gasteiger partial charge in [-0.05, 0) is 73.4 Å². The van der Waals surface area contributed by atoms with Gasteiger partial charge in [0, 0.05) is 24.2 Å². The number of halogens is 1. The van der Waals surface area contributed by atoms with Crippen molar-refractivity contribution in [2.75, 3.05) is 16.3 Å². The van der Waals surface area contributed by atoms with E-state index in [0.29, 0.717) is 11.1 Å². The van der Waals surface area contributed by atoms with Crippen LogP contribution >= 0.6 is 0 Å². The topological polar surface area (TPSA) is 145 Å². The molecule has 4 atom stereocenters. The summed E-state index contributed by atoms with van der Waals surface area (Å²) < 4.78 is 70.0. The zero-order chi connectivity index (χ0) is 27.9. The number of benzene rings is 2. The largest absolute Gasteiger partial charge is 0.511 e. The lowest BCUT2D eigenvalue weighted by atomic mass is 9.77. The number of nitrogens with one attached hydrogen (secondary N) is 2. The van der Waals surface area contributed by atoms with Crippen molar-refractivity contribution >= 4 is 43.2 Å². The molecule has 2 aromatic rings. The SMILES string of the molecule is Cc1ccc(CN2C(=O)C(C3=NS(=O)(=O)c4cc(NS(C)(=O)=O)ccc4N3)=C(O)[C@@H]3[C@@H]4CC[C@@H](C4)[C@@H]32)cc1F. The molecule has 4 aliphatic rings. The molecule has 206 valence electrons. The average Bonchev–Trinajstić information content (AvgIpc) is 3.46. The van der Waals surface area contributed by atoms with Gasteiger partial charge < -0.3 is 15.3 Å². The maximum absolute atomic E-state index is 14.3. The lowest BCUT2D eigenvalue weighted by Gasteiger charge is -2.44. The van der Waals surface area contributed by atoms with Crippen LogP contribution in [0.2, 0.25) is 0 Å². The summed E-state index contributed by atoms with van der Waals surface area (Å²) in [6.45, 7) is 1.76. The van der Waals surface area contributed by atoms with Gasteiger partial charge in [-0.3, -0.25) is 9.52 Å². The molecule has 6 rings (SSSR count). The molecule has 0 aromatic heterocycles. The van der Waals surface area contributed by atoms with Gasteiger partial charge in [-0.15, -0.1) is 4.40 Å². The van der Waals surface area contributed by atoms with Crippen LogP contribution in [-0.4, -0.2) is 50.9 Å². The van der Waals surface area contributed by atoms with Crippen molar-refractivity contribution in [3.8, 4) is 0 Å². The Hall–Kier alpha value is -3.45. The monoisotopic (exact) mass is 574 g/mol. The molecule has 13 heteroatoms. The highest BCUT2D eigenvalue weighted by molar-refractivity contribution is 7.92. The van der Waals surface area contributed by atoms with Crippen LogP contribution in [0.3, 0.4) is 0 Å². The van der Waals surface area contributed by atoms with Gasteiger partial charge in [0.15, 0.2) is 5.84 Å². The highest BCUT2D eigenvalue weighted by Crippen LogP contribution is 2.55. The Kier molecular flexibility index (Phi) is 5.81. The number of fused-ring (bicyclic) bond motifs is 6. The summed E-state index contributed by atoms with van der Waals surface area (Å²) in [6, 6.07) is 8.41. The first-order valence-electron chi connectivity index (χ1n) is 12.6. The first-order valence-corrected chi connectivity index (χ1v) is 15.9. The molecule has 39 heavy (non-hydrogen) atoms. The first-order chi connectivity index (χ1) is 18.3. The molecule has 10 nitrogen and oxygen atoms in total. The molecule has 2 aliphatic heterocycles.